The summed E-state index contributed by atoms with van der Waals surface area (Å²) in [6.45, 7) is 2.81. The first kappa shape index (κ1) is 15.8. The number of nitrogens with two attached hydrogens (primary N) is 1. The molecule has 21 heavy (non-hydrogen) atoms. The highest BCUT2D eigenvalue weighted by molar-refractivity contribution is 9.10. The van der Waals surface area contributed by atoms with Crippen LogP contribution in [0.4, 0.5) is 11.4 Å². The maximum absolute atomic E-state index is 5.79. The van der Waals surface area contributed by atoms with Crippen LogP contribution < -0.4 is 15.8 Å². The monoisotopic (exact) mass is 364 g/mol. The number of halogens is 1. The quantitative estimate of drug-likeness (QED) is 0.734. The highest BCUT2D eigenvalue weighted by Gasteiger charge is 2.09. The van der Waals surface area contributed by atoms with Crippen molar-refractivity contribution in [2.75, 3.05) is 11.9 Å². The maximum Gasteiger partial charge on any atom is 0.119 e. The molecule has 0 aromatic heterocycles. The van der Waals surface area contributed by atoms with Crippen LogP contribution in [0.5, 0.6) is 5.75 Å². The van der Waals surface area contributed by atoms with Crippen molar-refractivity contribution in [3.05, 3.63) is 52.5 Å². The van der Waals surface area contributed by atoms with Gasteiger partial charge in [0.25, 0.3) is 0 Å². The van der Waals surface area contributed by atoms with Crippen molar-refractivity contribution in [2.45, 2.75) is 13.3 Å². The van der Waals surface area contributed by atoms with Gasteiger partial charge in [-0.3, -0.25) is 0 Å². The second kappa shape index (κ2) is 7.43. The first-order valence-electron chi connectivity index (χ1n) is 6.70. The van der Waals surface area contributed by atoms with E-state index in [1.807, 2.05) is 42.5 Å². The fourth-order valence-corrected chi connectivity index (χ4v) is 2.82. The van der Waals surface area contributed by atoms with Crippen LogP contribution in [0.1, 0.15) is 18.9 Å². The van der Waals surface area contributed by atoms with E-state index in [4.69, 9.17) is 22.7 Å². The molecule has 0 aliphatic carbocycles. The molecule has 0 unspecified atom stereocenters. The summed E-state index contributed by atoms with van der Waals surface area (Å²) >= 11 is 8.58. The van der Waals surface area contributed by atoms with E-state index >= 15 is 0 Å². The summed E-state index contributed by atoms with van der Waals surface area (Å²) in [5.74, 6) is 0.867. The fraction of sp³-hybridized carbons (Fsp3) is 0.188. The van der Waals surface area contributed by atoms with E-state index in [9.17, 15) is 0 Å². The smallest absolute Gasteiger partial charge is 0.119 e. The Morgan fingerprint density at radius 3 is 2.57 bits per heavy atom. The third-order valence-electron chi connectivity index (χ3n) is 2.87. The highest BCUT2D eigenvalue weighted by atomic mass is 79.9. The van der Waals surface area contributed by atoms with Crippen molar-refractivity contribution in [1.82, 2.24) is 0 Å². The lowest BCUT2D eigenvalue weighted by atomic mass is 10.1. The van der Waals surface area contributed by atoms with Crippen molar-refractivity contribution in [3.63, 3.8) is 0 Å². The molecule has 0 amide bonds. The zero-order chi connectivity index (χ0) is 15.2. The standard InChI is InChI=1S/C16H17BrN2OS/c1-2-10-20-12-8-6-11(7-9-12)19-14-5-3-4-13(17)15(14)16(18)21/h3-9,19H,2,10H2,1H3,(H2,18,21). The molecule has 3 nitrogen and oxygen atoms in total. The largest absolute Gasteiger partial charge is 0.494 e. The van der Waals surface area contributed by atoms with E-state index < -0.39 is 0 Å². The van der Waals surface area contributed by atoms with Gasteiger partial charge in [0.05, 0.1) is 6.61 Å². The molecule has 0 saturated carbocycles. The molecule has 0 aliphatic rings. The number of nitrogens with one attached hydrogen (secondary N) is 1. The number of rotatable bonds is 6. The zero-order valence-electron chi connectivity index (χ0n) is 11.7. The average molecular weight is 365 g/mol. The molecule has 0 atom stereocenters. The molecule has 0 saturated heterocycles. The predicted octanol–water partition coefficient (Wildman–Crippen LogP) is 4.62. The van der Waals surface area contributed by atoms with Crippen LogP contribution in [0, 0.1) is 0 Å². The maximum atomic E-state index is 5.79. The summed E-state index contributed by atoms with van der Waals surface area (Å²) < 4.78 is 6.44. The Balaban J connectivity index is 2.19. The van der Waals surface area contributed by atoms with E-state index in [0.29, 0.717) is 4.99 Å². The molecule has 3 N–H and O–H groups in total. The summed E-state index contributed by atoms with van der Waals surface area (Å²) in [6.07, 6.45) is 0.995. The summed E-state index contributed by atoms with van der Waals surface area (Å²) in [5.41, 5.74) is 8.42. The van der Waals surface area contributed by atoms with Crippen LogP contribution >= 0.6 is 28.1 Å². The molecule has 0 aliphatic heterocycles. The molecule has 0 bridgehead atoms. The van der Waals surface area contributed by atoms with Crippen LogP contribution in [0.2, 0.25) is 0 Å². The summed E-state index contributed by atoms with van der Waals surface area (Å²) in [6, 6.07) is 13.6. The van der Waals surface area contributed by atoms with Gasteiger partial charge in [0.2, 0.25) is 0 Å². The van der Waals surface area contributed by atoms with Crippen LogP contribution in [0.25, 0.3) is 0 Å². The first-order chi connectivity index (χ1) is 10.1. The fourth-order valence-electron chi connectivity index (χ4n) is 1.89. The van der Waals surface area contributed by atoms with Gasteiger partial charge in [0, 0.05) is 21.4 Å². The normalized spacial score (nSPS) is 10.2. The Hall–Kier alpha value is -1.59. The van der Waals surface area contributed by atoms with Gasteiger partial charge in [-0.2, -0.15) is 0 Å². The third kappa shape index (κ3) is 4.19. The molecule has 2 aromatic rings. The number of thiocarbonyl (C=S) groups is 1. The lowest BCUT2D eigenvalue weighted by Crippen LogP contribution is -2.12. The van der Waals surface area contributed by atoms with Crippen LogP contribution in [0.3, 0.4) is 0 Å². The number of hydrogen-bond acceptors (Lipinski definition) is 3. The lowest BCUT2D eigenvalue weighted by molar-refractivity contribution is 0.317. The second-order valence-electron chi connectivity index (χ2n) is 4.52. The van der Waals surface area contributed by atoms with Gasteiger partial charge in [-0.15, -0.1) is 0 Å². The van der Waals surface area contributed by atoms with Gasteiger partial charge in [0.1, 0.15) is 10.7 Å². The lowest BCUT2D eigenvalue weighted by Gasteiger charge is -2.13. The molecular weight excluding hydrogens is 348 g/mol. The number of benzene rings is 2. The molecule has 5 heteroatoms. The minimum absolute atomic E-state index is 0.355. The molecule has 2 rings (SSSR count). The number of ether oxygens (including phenoxy) is 1. The SMILES string of the molecule is CCCOc1ccc(Nc2cccc(Br)c2C(N)=S)cc1. The van der Waals surface area contributed by atoms with Gasteiger partial charge in [0.15, 0.2) is 0 Å². The van der Waals surface area contributed by atoms with Crippen LogP contribution in [0.15, 0.2) is 46.9 Å². The van der Waals surface area contributed by atoms with Gasteiger partial charge in [-0.25, -0.2) is 0 Å². The Morgan fingerprint density at radius 1 is 1.24 bits per heavy atom. The van der Waals surface area contributed by atoms with Crippen molar-refractivity contribution >= 4 is 44.5 Å². The molecule has 0 heterocycles. The molecule has 0 fully saturated rings. The first-order valence-corrected chi connectivity index (χ1v) is 7.90. The zero-order valence-corrected chi connectivity index (χ0v) is 14.1. The van der Waals surface area contributed by atoms with Gasteiger partial charge in [-0.1, -0.05) is 25.2 Å². The number of anilines is 2. The Labute approximate surface area is 138 Å². The van der Waals surface area contributed by atoms with Crippen molar-refractivity contribution in [2.24, 2.45) is 5.73 Å². The van der Waals surface area contributed by atoms with E-state index in [2.05, 4.69) is 28.2 Å². The Kier molecular flexibility index (Phi) is 5.59. The third-order valence-corrected chi connectivity index (χ3v) is 3.73. The van der Waals surface area contributed by atoms with Crippen molar-refractivity contribution in [1.29, 1.82) is 0 Å². The van der Waals surface area contributed by atoms with Crippen LogP contribution in [-0.4, -0.2) is 11.6 Å². The van der Waals surface area contributed by atoms with Crippen molar-refractivity contribution < 1.29 is 4.74 Å². The van der Waals surface area contributed by atoms with Gasteiger partial charge >= 0.3 is 0 Å². The Bertz CT molecular complexity index is 629. The van der Waals surface area contributed by atoms with Crippen molar-refractivity contribution in [3.8, 4) is 5.75 Å². The predicted molar refractivity (Wildman–Crippen MR) is 95.5 cm³/mol. The summed E-state index contributed by atoms with van der Waals surface area (Å²) in [5, 5.41) is 3.32. The summed E-state index contributed by atoms with van der Waals surface area (Å²) in [7, 11) is 0. The minimum Gasteiger partial charge on any atom is -0.494 e. The van der Waals surface area contributed by atoms with E-state index in [0.717, 1.165) is 40.2 Å². The number of hydrogen-bond donors (Lipinski definition) is 2. The molecular formula is C16H17BrN2OS. The average Bonchev–Trinajstić information content (AvgIpc) is 2.46. The van der Waals surface area contributed by atoms with E-state index in [-0.39, 0.29) is 0 Å². The highest BCUT2D eigenvalue weighted by Crippen LogP contribution is 2.28. The van der Waals surface area contributed by atoms with E-state index in [1.54, 1.807) is 0 Å². The van der Waals surface area contributed by atoms with Crippen LogP contribution in [-0.2, 0) is 0 Å². The topological polar surface area (TPSA) is 47.3 Å². The molecule has 2 aromatic carbocycles. The molecule has 0 radical (unpaired) electrons. The summed E-state index contributed by atoms with van der Waals surface area (Å²) in [4.78, 5) is 0.355. The van der Waals surface area contributed by atoms with Gasteiger partial charge in [-0.05, 0) is 58.7 Å². The second-order valence-corrected chi connectivity index (χ2v) is 5.82. The molecule has 0 spiro atoms. The molecule has 110 valence electrons. The minimum atomic E-state index is 0.355. The van der Waals surface area contributed by atoms with E-state index in [1.165, 1.54) is 0 Å². The Morgan fingerprint density at radius 2 is 1.95 bits per heavy atom. The van der Waals surface area contributed by atoms with Gasteiger partial charge < -0.3 is 15.8 Å².